The van der Waals surface area contributed by atoms with Gasteiger partial charge in [-0.25, -0.2) is 4.79 Å². The van der Waals surface area contributed by atoms with Crippen molar-refractivity contribution in [1.82, 2.24) is 16.0 Å². The number of nitrogens with one attached hydrogen (secondary N) is 3. The van der Waals surface area contributed by atoms with E-state index in [0.29, 0.717) is 25.8 Å². The number of benzene rings is 1. The molecule has 0 spiro atoms. The summed E-state index contributed by atoms with van der Waals surface area (Å²) in [6, 6.07) is 4.20. The molecule has 0 radical (unpaired) electrons. The van der Waals surface area contributed by atoms with Crippen molar-refractivity contribution in [2.45, 2.75) is 70.1 Å². The SMILES string of the molecule is CC(C)C(NC(=O)C(CC(N)=O)NC(=O)C(Cc1ccccc1)NC(=O)C(N)CCCCN)C(=O)O. The first-order valence-corrected chi connectivity index (χ1v) is 11.9. The molecule has 36 heavy (non-hydrogen) atoms. The van der Waals surface area contributed by atoms with Crippen LogP contribution in [-0.4, -0.2) is 65.4 Å². The van der Waals surface area contributed by atoms with Gasteiger partial charge in [0, 0.05) is 6.42 Å². The van der Waals surface area contributed by atoms with Gasteiger partial charge in [-0.05, 0) is 30.9 Å². The molecule has 4 amide bonds. The molecular formula is C24H38N6O6. The first kappa shape index (κ1) is 30.5. The number of carboxylic acid groups (broad SMARTS) is 1. The summed E-state index contributed by atoms with van der Waals surface area (Å²) in [4.78, 5) is 61.7. The van der Waals surface area contributed by atoms with Gasteiger partial charge in [0.2, 0.25) is 23.6 Å². The molecular weight excluding hydrogens is 468 g/mol. The maximum Gasteiger partial charge on any atom is 0.326 e. The Kier molecular flexibility index (Phi) is 13.1. The summed E-state index contributed by atoms with van der Waals surface area (Å²) < 4.78 is 0. The van der Waals surface area contributed by atoms with E-state index >= 15 is 0 Å². The highest BCUT2D eigenvalue weighted by Crippen LogP contribution is 2.07. The van der Waals surface area contributed by atoms with Crippen molar-refractivity contribution in [2.24, 2.45) is 23.1 Å². The molecule has 0 saturated carbocycles. The lowest BCUT2D eigenvalue weighted by Gasteiger charge is -2.25. The molecule has 0 bridgehead atoms. The Morgan fingerprint density at radius 1 is 0.889 bits per heavy atom. The first-order valence-electron chi connectivity index (χ1n) is 11.9. The van der Waals surface area contributed by atoms with E-state index in [1.165, 1.54) is 0 Å². The van der Waals surface area contributed by atoms with E-state index in [9.17, 15) is 29.1 Å². The molecule has 12 heteroatoms. The van der Waals surface area contributed by atoms with Crippen LogP contribution >= 0.6 is 0 Å². The minimum absolute atomic E-state index is 0.0859. The van der Waals surface area contributed by atoms with Crippen molar-refractivity contribution in [1.29, 1.82) is 0 Å². The third-order valence-corrected chi connectivity index (χ3v) is 5.49. The number of amides is 4. The summed E-state index contributed by atoms with van der Waals surface area (Å²) in [6.45, 7) is 3.67. The molecule has 0 aliphatic carbocycles. The van der Waals surface area contributed by atoms with Crippen molar-refractivity contribution in [3.63, 3.8) is 0 Å². The number of aliphatic carboxylic acids is 1. The molecule has 12 nitrogen and oxygen atoms in total. The van der Waals surface area contributed by atoms with Gasteiger partial charge in [0.05, 0.1) is 12.5 Å². The molecule has 0 fully saturated rings. The number of hydrogen-bond donors (Lipinski definition) is 7. The predicted octanol–water partition coefficient (Wildman–Crippen LogP) is -1.24. The molecule has 4 unspecified atom stereocenters. The Balaban J connectivity index is 3.07. The Morgan fingerprint density at radius 2 is 1.47 bits per heavy atom. The number of rotatable bonds is 16. The van der Waals surface area contributed by atoms with Crippen LogP contribution in [0.2, 0.25) is 0 Å². The smallest absolute Gasteiger partial charge is 0.326 e. The zero-order valence-corrected chi connectivity index (χ0v) is 20.7. The second-order valence-electron chi connectivity index (χ2n) is 8.94. The van der Waals surface area contributed by atoms with Gasteiger partial charge >= 0.3 is 5.97 Å². The lowest BCUT2D eigenvalue weighted by Crippen LogP contribution is -2.58. The van der Waals surface area contributed by atoms with Gasteiger partial charge in [-0.3, -0.25) is 19.2 Å². The fourth-order valence-corrected chi connectivity index (χ4v) is 3.43. The standard InChI is InChI=1S/C24H38N6O6/c1-14(2)20(24(35)36)30-23(34)18(13-19(27)31)29-22(33)17(12-15-8-4-3-5-9-15)28-21(32)16(26)10-6-7-11-25/h3-5,8-9,14,16-18,20H,6-7,10-13,25-26H2,1-2H3,(H2,27,31)(H,28,32)(H,29,33)(H,30,34)(H,35,36). The number of carbonyl (C=O) groups is 5. The van der Waals surface area contributed by atoms with Gasteiger partial charge in [0.25, 0.3) is 0 Å². The van der Waals surface area contributed by atoms with E-state index in [-0.39, 0.29) is 6.42 Å². The van der Waals surface area contributed by atoms with Gasteiger partial charge in [-0.2, -0.15) is 0 Å². The van der Waals surface area contributed by atoms with Crippen LogP contribution in [0, 0.1) is 5.92 Å². The molecule has 0 aliphatic rings. The van der Waals surface area contributed by atoms with E-state index in [0.717, 1.165) is 5.56 Å². The monoisotopic (exact) mass is 506 g/mol. The number of nitrogens with two attached hydrogens (primary N) is 3. The van der Waals surface area contributed by atoms with Gasteiger partial charge in [0.1, 0.15) is 18.1 Å². The Hall–Kier alpha value is -3.51. The average Bonchev–Trinajstić information content (AvgIpc) is 2.81. The first-order chi connectivity index (χ1) is 17.0. The number of unbranched alkanes of at least 4 members (excludes halogenated alkanes) is 1. The molecule has 4 atom stereocenters. The largest absolute Gasteiger partial charge is 0.480 e. The van der Waals surface area contributed by atoms with Gasteiger partial charge in [-0.15, -0.1) is 0 Å². The van der Waals surface area contributed by atoms with Gasteiger partial charge in [0.15, 0.2) is 0 Å². The lowest BCUT2D eigenvalue weighted by molar-refractivity contribution is -0.143. The summed E-state index contributed by atoms with van der Waals surface area (Å²) in [5.74, 6) is -4.78. The highest BCUT2D eigenvalue weighted by atomic mass is 16.4. The minimum atomic E-state index is -1.44. The molecule has 1 aromatic rings. The van der Waals surface area contributed by atoms with E-state index in [1.54, 1.807) is 44.2 Å². The van der Waals surface area contributed by atoms with Crippen LogP contribution in [0.15, 0.2) is 30.3 Å². The predicted molar refractivity (Wildman–Crippen MR) is 133 cm³/mol. The van der Waals surface area contributed by atoms with Gasteiger partial charge < -0.3 is 38.3 Å². The van der Waals surface area contributed by atoms with Crippen molar-refractivity contribution in [3.8, 4) is 0 Å². The third-order valence-electron chi connectivity index (χ3n) is 5.49. The number of hydrogen-bond acceptors (Lipinski definition) is 7. The maximum absolute atomic E-state index is 13.2. The highest BCUT2D eigenvalue weighted by molar-refractivity contribution is 5.96. The fraction of sp³-hybridized carbons (Fsp3) is 0.542. The second-order valence-corrected chi connectivity index (χ2v) is 8.94. The minimum Gasteiger partial charge on any atom is -0.480 e. The molecule has 0 aliphatic heterocycles. The second kappa shape index (κ2) is 15.5. The van der Waals surface area contributed by atoms with E-state index in [1.807, 2.05) is 0 Å². The Bertz CT molecular complexity index is 894. The summed E-state index contributed by atoms with van der Waals surface area (Å²) in [5.41, 5.74) is 17.4. The fourth-order valence-electron chi connectivity index (χ4n) is 3.43. The zero-order valence-electron chi connectivity index (χ0n) is 20.7. The molecule has 200 valence electrons. The summed E-state index contributed by atoms with van der Waals surface area (Å²) in [7, 11) is 0. The molecule has 1 aromatic carbocycles. The van der Waals surface area contributed by atoms with Crippen molar-refractivity contribution < 1.29 is 29.1 Å². The van der Waals surface area contributed by atoms with Crippen molar-refractivity contribution in [3.05, 3.63) is 35.9 Å². The zero-order chi connectivity index (χ0) is 27.3. The summed E-state index contributed by atoms with van der Waals surface area (Å²) >= 11 is 0. The van der Waals surface area contributed by atoms with E-state index in [2.05, 4.69) is 16.0 Å². The summed E-state index contributed by atoms with van der Waals surface area (Å²) in [6.07, 6.45) is 1.24. The van der Waals surface area contributed by atoms with Crippen molar-refractivity contribution >= 4 is 29.6 Å². The number of carbonyl (C=O) groups excluding carboxylic acids is 4. The Labute approximate surface area is 210 Å². The van der Waals surface area contributed by atoms with Crippen LogP contribution in [0.25, 0.3) is 0 Å². The third kappa shape index (κ3) is 10.8. The number of carboxylic acids is 1. The Morgan fingerprint density at radius 3 is 2.00 bits per heavy atom. The van der Waals surface area contributed by atoms with E-state index < -0.39 is 66.1 Å². The molecule has 0 saturated heterocycles. The topological polar surface area (TPSA) is 220 Å². The molecule has 0 heterocycles. The van der Waals surface area contributed by atoms with Crippen LogP contribution < -0.4 is 33.2 Å². The van der Waals surface area contributed by atoms with Crippen LogP contribution in [0.4, 0.5) is 0 Å². The van der Waals surface area contributed by atoms with Crippen LogP contribution in [0.5, 0.6) is 0 Å². The average molecular weight is 507 g/mol. The highest BCUT2D eigenvalue weighted by Gasteiger charge is 2.32. The quantitative estimate of drug-likeness (QED) is 0.134. The maximum atomic E-state index is 13.2. The summed E-state index contributed by atoms with van der Waals surface area (Å²) in [5, 5.41) is 16.7. The van der Waals surface area contributed by atoms with Gasteiger partial charge in [-0.1, -0.05) is 50.6 Å². The van der Waals surface area contributed by atoms with Crippen molar-refractivity contribution in [2.75, 3.05) is 6.54 Å². The molecule has 10 N–H and O–H groups in total. The van der Waals surface area contributed by atoms with Crippen LogP contribution in [-0.2, 0) is 30.4 Å². The normalized spacial score (nSPS) is 14.2. The molecule has 1 rings (SSSR count). The van der Waals surface area contributed by atoms with Crippen LogP contribution in [0.3, 0.4) is 0 Å². The van der Waals surface area contributed by atoms with Crippen LogP contribution in [0.1, 0.15) is 45.1 Å². The lowest BCUT2D eigenvalue weighted by atomic mass is 10.0. The number of primary amides is 1. The molecule has 0 aromatic heterocycles. The van der Waals surface area contributed by atoms with E-state index in [4.69, 9.17) is 17.2 Å².